The Morgan fingerprint density at radius 3 is 2.68 bits per heavy atom. The minimum atomic E-state index is -0.412. The molecule has 0 saturated carbocycles. The molecule has 4 rings (SSSR count). The molecular weight excluding hydrogens is 323 g/mol. The minimum absolute atomic E-state index is 0.130. The first-order valence-corrected chi connectivity index (χ1v) is 7.83. The second-order valence-electron chi connectivity index (χ2n) is 6.06. The Morgan fingerprint density at radius 2 is 1.96 bits per heavy atom. The topological polar surface area (TPSA) is 71.0 Å². The maximum atomic E-state index is 13.1. The van der Waals surface area contributed by atoms with Gasteiger partial charge in [-0.1, -0.05) is 0 Å². The fraction of sp³-hybridized carbons (Fsp3) is 0.167. The molecule has 3 heterocycles. The number of carbonyl (C=O) groups excluding carboxylic acids is 1. The van der Waals surface area contributed by atoms with E-state index in [1.165, 1.54) is 28.8 Å². The summed E-state index contributed by atoms with van der Waals surface area (Å²) in [5.74, 6) is -0.699. The van der Waals surface area contributed by atoms with Crippen molar-refractivity contribution < 1.29 is 9.18 Å². The number of aryl methyl sites for hydroxylation is 1. The standard InChI is InChI=1S/C18H15FN4O2/c1-11-6-7-23(14-4-2-13(19)3-5-14)18(25)16(11)17(24)22-9-12-8-20-21-15(12)10-22/h2-8H,9-10H2,1H3,(H,20,21). The molecule has 25 heavy (non-hydrogen) atoms. The maximum absolute atomic E-state index is 13.1. The normalized spacial score (nSPS) is 13.1. The van der Waals surface area contributed by atoms with Crippen molar-refractivity contribution in [3.05, 3.63) is 81.3 Å². The molecule has 3 aromatic rings. The highest BCUT2D eigenvalue weighted by atomic mass is 19.1. The van der Waals surface area contributed by atoms with Crippen molar-refractivity contribution >= 4 is 5.91 Å². The Bertz CT molecular complexity index is 1000. The predicted molar refractivity (Wildman–Crippen MR) is 88.9 cm³/mol. The largest absolute Gasteiger partial charge is 0.328 e. The molecule has 1 aliphatic rings. The predicted octanol–water partition coefficient (Wildman–Crippen LogP) is 2.16. The lowest BCUT2D eigenvalue weighted by atomic mass is 10.1. The molecule has 7 heteroatoms. The van der Waals surface area contributed by atoms with Crippen molar-refractivity contribution in [2.75, 3.05) is 0 Å². The maximum Gasteiger partial charge on any atom is 0.268 e. The van der Waals surface area contributed by atoms with Crippen LogP contribution < -0.4 is 5.56 Å². The van der Waals surface area contributed by atoms with E-state index in [4.69, 9.17) is 0 Å². The Kier molecular flexibility index (Phi) is 3.49. The number of hydrogen-bond acceptors (Lipinski definition) is 3. The van der Waals surface area contributed by atoms with Gasteiger partial charge in [-0.15, -0.1) is 0 Å². The van der Waals surface area contributed by atoms with Crippen LogP contribution in [0.1, 0.15) is 27.2 Å². The summed E-state index contributed by atoms with van der Waals surface area (Å²) in [7, 11) is 0. The van der Waals surface area contributed by atoms with E-state index < -0.39 is 5.56 Å². The van der Waals surface area contributed by atoms with E-state index in [0.717, 1.165) is 11.3 Å². The number of H-pyrrole nitrogens is 1. The van der Waals surface area contributed by atoms with Gasteiger partial charge in [0, 0.05) is 24.0 Å². The van der Waals surface area contributed by atoms with Crippen LogP contribution in [0, 0.1) is 12.7 Å². The van der Waals surface area contributed by atoms with Gasteiger partial charge >= 0.3 is 0 Å². The summed E-state index contributed by atoms with van der Waals surface area (Å²) in [5.41, 5.74) is 2.69. The third kappa shape index (κ3) is 2.53. The summed E-state index contributed by atoms with van der Waals surface area (Å²) in [6.45, 7) is 2.56. The van der Waals surface area contributed by atoms with Crippen molar-refractivity contribution in [3.8, 4) is 5.69 Å². The zero-order valence-corrected chi connectivity index (χ0v) is 13.5. The number of nitrogens with one attached hydrogen (secondary N) is 1. The van der Waals surface area contributed by atoms with Crippen LogP contribution in [-0.4, -0.2) is 25.6 Å². The third-order valence-corrected chi connectivity index (χ3v) is 4.42. The third-order valence-electron chi connectivity index (χ3n) is 4.42. The van der Waals surface area contributed by atoms with Gasteiger partial charge in [-0.05, 0) is 42.8 Å². The van der Waals surface area contributed by atoms with E-state index >= 15 is 0 Å². The molecule has 1 aliphatic heterocycles. The number of carbonyl (C=O) groups is 1. The van der Waals surface area contributed by atoms with E-state index in [-0.39, 0.29) is 17.3 Å². The molecule has 6 nitrogen and oxygen atoms in total. The molecule has 126 valence electrons. The van der Waals surface area contributed by atoms with Crippen LogP contribution in [0.15, 0.2) is 47.5 Å². The smallest absolute Gasteiger partial charge is 0.268 e. The van der Waals surface area contributed by atoms with Gasteiger partial charge in [0.15, 0.2) is 0 Å². The fourth-order valence-electron chi connectivity index (χ4n) is 3.06. The number of amides is 1. The molecule has 1 N–H and O–H groups in total. The molecule has 0 bridgehead atoms. The molecule has 0 atom stereocenters. The SMILES string of the molecule is Cc1ccn(-c2ccc(F)cc2)c(=O)c1C(=O)N1Cc2cn[nH]c2C1. The second kappa shape index (κ2) is 5.70. The van der Waals surface area contributed by atoms with Crippen molar-refractivity contribution in [1.82, 2.24) is 19.7 Å². The number of nitrogens with zero attached hydrogens (tertiary/aromatic N) is 3. The second-order valence-corrected chi connectivity index (χ2v) is 6.06. The molecule has 1 aromatic carbocycles. The van der Waals surface area contributed by atoms with E-state index in [9.17, 15) is 14.0 Å². The first kappa shape index (κ1) is 15.3. The minimum Gasteiger partial charge on any atom is -0.328 e. The van der Waals surface area contributed by atoms with Crippen molar-refractivity contribution in [3.63, 3.8) is 0 Å². The summed E-state index contributed by atoms with van der Waals surface area (Å²) >= 11 is 0. The molecule has 0 saturated heterocycles. The lowest BCUT2D eigenvalue weighted by Gasteiger charge is -2.17. The summed E-state index contributed by atoms with van der Waals surface area (Å²) in [6.07, 6.45) is 3.29. The van der Waals surface area contributed by atoms with Crippen LogP contribution in [0.4, 0.5) is 4.39 Å². The lowest BCUT2D eigenvalue weighted by Crippen LogP contribution is -2.34. The number of aromatic amines is 1. The number of benzene rings is 1. The first-order chi connectivity index (χ1) is 12.0. The molecule has 0 radical (unpaired) electrons. The van der Waals surface area contributed by atoms with Gasteiger partial charge in [0.1, 0.15) is 11.4 Å². The van der Waals surface area contributed by atoms with Crippen LogP contribution in [-0.2, 0) is 13.1 Å². The summed E-state index contributed by atoms with van der Waals surface area (Å²) < 4.78 is 14.5. The van der Waals surface area contributed by atoms with Crippen molar-refractivity contribution in [2.24, 2.45) is 0 Å². The number of fused-ring (bicyclic) bond motifs is 1. The Morgan fingerprint density at radius 1 is 1.20 bits per heavy atom. The van der Waals surface area contributed by atoms with Crippen LogP contribution in [0.2, 0.25) is 0 Å². The van der Waals surface area contributed by atoms with Crippen molar-refractivity contribution in [1.29, 1.82) is 0 Å². The fourth-order valence-corrected chi connectivity index (χ4v) is 3.06. The monoisotopic (exact) mass is 338 g/mol. The van der Waals surface area contributed by atoms with E-state index in [2.05, 4.69) is 10.2 Å². The average Bonchev–Trinajstić information content (AvgIpc) is 3.18. The highest BCUT2D eigenvalue weighted by molar-refractivity contribution is 5.95. The van der Waals surface area contributed by atoms with Crippen LogP contribution in [0.25, 0.3) is 5.69 Å². The van der Waals surface area contributed by atoms with Crippen LogP contribution >= 0.6 is 0 Å². The van der Waals surface area contributed by atoms with Gasteiger partial charge in [0.25, 0.3) is 11.5 Å². The molecule has 2 aromatic heterocycles. The average molecular weight is 338 g/mol. The van der Waals surface area contributed by atoms with Crippen molar-refractivity contribution in [2.45, 2.75) is 20.0 Å². The van der Waals surface area contributed by atoms with E-state index in [0.29, 0.717) is 24.3 Å². The molecular formula is C18H15FN4O2. The molecule has 0 fully saturated rings. The summed E-state index contributed by atoms with van der Waals surface area (Å²) in [6, 6.07) is 7.29. The van der Waals surface area contributed by atoms with Gasteiger partial charge in [0.05, 0.1) is 18.4 Å². The van der Waals surface area contributed by atoms with Gasteiger partial charge in [0.2, 0.25) is 0 Å². The van der Waals surface area contributed by atoms with Crippen LogP contribution in [0.3, 0.4) is 0 Å². The highest BCUT2D eigenvalue weighted by Gasteiger charge is 2.28. The molecule has 0 spiro atoms. The summed E-state index contributed by atoms with van der Waals surface area (Å²) in [4.78, 5) is 27.4. The number of halogens is 1. The quantitative estimate of drug-likeness (QED) is 0.778. The number of aromatic nitrogens is 3. The number of rotatable bonds is 2. The lowest BCUT2D eigenvalue weighted by molar-refractivity contribution is 0.0746. The number of hydrogen-bond donors (Lipinski definition) is 1. The van der Waals surface area contributed by atoms with Gasteiger partial charge < -0.3 is 4.90 Å². The van der Waals surface area contributed by atoms with Gasteiger partial charge in [-0.2, -0.15) is 5.10 Å². The van der Waals surface area contributed by atoms with Crippen LogP contribution in [0.5, 0.6) is 0 Å². The zero-order chi connectivity index (χ0) is 17.6. The highest BCUT2D eigenvalue weighted by Crippen LogP contribution is 2.22. The summed E-state index contributed by atoms with van der Waals surface area (Å²) in [5, 5.41) is 6.81. The number of pyridine rings is 1. The first-order valence-electron chi connectivity index (χ1n) is 7.83. The van der Waals surface area contributed by atoms with Gasteiger partial charge in [-0.3, -0.25) is 19.3 Å². The Labute approximate surface area is 142 Å². The van der Waals surface area contributed by atoms with Gasteiger partial charge in [-0.25, -0.2) is 4.39 Å². The van der Waals surface area contributed by atoms with E-state index in [1.54, 1.807) is 30.3 Å². The van der Waals surface area contributed by atoms with E-state index in [1.807, 2.05) is 0 Å². The molecule has 0 aliphatic carbocycles. The zero-order valence-electron chi connectivity index (χ0n) is 13.5. The Balaban J connectivity index is 1.73. The Hall–Kier alpha value is -3.22. The molecule has 1 amide bonds. The molecule has 0 unspecified atom stereocenters.